The molecular weight excluding hydrogens is 284 g/mol. The first-order valence-electron chi connectivity index (χ1n) is 5.46. The first-order chi connectivity index (χ1) is 9.19. The van der Waals surface area contributed by atoms with Crippen molar-refractivity contribution in [1.29, 1.82) is 0 Å². The first-order valence-corrected chi connectivity index (χ1v) is 7.06. The molecule has 19 heavy (non-hydrogen) atoms. The Morgan fingerprint density at radius 2 is 2.26 bits per heavy atom. The van der Waals surface area contributed by atoms with Gasteiger partial charge < -0.3 is 9.97 Å². The van der Waals surface area contributed by atoms with Gasteiger partial charge in [-0.25, -0.2) is 9.97 Å². The van der Waals surface area contributed by atoms with Gasteiger partial charge in [-0.05, 0) is 12.3 Å². The van der Waals surface area contributed by atoms with Crippen LogP contribution >= 0.6 is 23.4 Å². The van der Waals surface area contributed by atoms with E-state index in [1.807, 2.05) is 12.3 Å². The standard InChI is InChI=1S/C12H9ClN4OS/c1-19-12-16-8(4-9(18)17-12)6-5-15-7-2-3-14-11(13)10(6)7/h2-5,15H,1H3,(H,16,17,18). The van der Waals surface area contributed by atoms with Crippen molar-refractivity contribution in [2.24, 2.45) is 0 Å². The lowest BCUT2D eigenvalue weighted by Gasteiger charge is -2.01. The zero-order valence-electron chi connectivity index (χ0n) is 9.90. The molecule has 0 radical (unpaired) electrons. The van der Waals surface area contributed by atoms with Crippen molar-refractivity contribution in [1.82, 2.24) is 19.9 Å². The van der Waals surface area contributed by atoms with Crippen LogP contribution in [0.1, 0.15) is 0 Å². The van der Waals surface area contributed by atoms with Crippen molar-refractivity contribution < 1.29 is 0 Å². The number of fused-ring (bicyclic) bond motifs is 1. The molecule has 2 N–H and O–H groups in total. The number of thioether (sulfide) groups is 1. The summed E-state index contributed by atoms with van der Waals surface area (Å²) in [4.78, 5) is 25.8. The first kappa shape index (κ1) is 12.3. The number of rotatable bonds is 2. The van der Waals surface area contributed by atoms with Gasteiger partial charge in [0.1, 0.15) is 5.15 Å². The van der Waals surface area contributed by atoms with E-state index in [2.05, 4.69) is 19.9 Å². The van der Waals surface area contributed by atoms with E-state index in [4.69, 9.17) is 11.6 Å². The van der Waals surface area contributed by atoms with Gasteiger partial charge in [0.15, 0.2) is 5.16 Å². The average Bonchev–Trinajstić information content (AvgIpc) is 2.83. The van der Waals surface area contributed by atoms with Crippen molar-refractivity contribution >= 4 is 34.3 Å². The third-order valence-corrected chi connectivity index (χ3v) is 3.60. The second kappa shape index (κ2) is 4.71. The van der Waals surface area contributed by atoms with Crippen LogP contribution in [-0.2, 0) is 0 Å². The maximum Gasteiger partial charge on any atom is 0.252 e. The Hall–Kier alpha value is -1.79. The molecule has 0 aliphatic carbocycles. The number of nitrogens with zero attached hydrogens (tertiary/aromatic N) is 2. The van der Waals surface area contributed by atoms with Crippen molar-refractivity contribution in [3.63, 3.8) is 0 Å². The van der Waals surface area contributed by atoms with E-state index in [-0.39, 0.29) is 5.56 Å². The molecule has 3 aromatic rings. The summed E-state index contributed by atoms with van der Waals surface area (Å²) in [6.07, 6.45) is 5.26. The summed E-state index contributed by atoms with van der Waals surface area (Å²) in [5, 5.41) is 1.73. The highest BCUT2D eigenvalue weighted by Gasteiger charge is 2.12. The maximum atomic E-state index is 11.6. The molecule has 96 valence electrons. The molecule has 3 rings (SSSR count). The van der Waals surface area contributed by atoms with E-state index in [0.717, 1.165) is 16.5 Å². The highest BCUT2D eigenvalue weighted by molar-refractivity contribution is 7.98. The Morgan fingerprint density at radius 3 is 3.05 bits per heavy atom. The van der Waals surface area contributed by atoms with Crippen LogP contribution in [0.4, 0.5) is 0 Å². The van der Waals surface area contributed by atoms with Gasteiger partial charge in [-0.2, -0.15) is 0 Å². The molecule has 0 atom stereocenters. The number of nitrogens with one attached hydrogen (secondary N) is 2. The molecular formula is C12H9ClN4OS. The van der Waals surface area contributed by atoms with Crippen LogP contribution in [0, 0.1) is 0 Å². The third-order valence-electron chi connectivity index (χ3n) is 2.74. The van der Waals surface area contributed by atoms with Gasteiger partial charge in [0, 0.05) is 29.4 Å². The van der Waals surface area contributed by atoms with Gasteiger partial charge in [0.05, 0.1) is 11.2 Å². The quantitative estimate of drug-likeness (QED) is 0.433. The smallest absolute Gasteiger partial charge is 0.252 e. The SMILES string of the molecule is CSc1nc(-c2c[nH]c3ccnc(Cl)c23)cc(=O)[nH]1. The van der Waals surface area contributed by atoms with Gasteiger partial charge in [-0.15, -0.1) is 0 Å². The number of hydrogen-bond donors (Lipinski definition) is 2. The second-order valence-corrected chi connectivity index (χ2v) is 5.02. The number of pyridine rings is 1. The molecule has 0 bridgehead atoms. The number of H-pyrrole nitrogens is 2. The lowest BCUT2D eigenvalue weighted by Crippen LogP contribution is -2.07. The van der Waals surface area contributed by atoms with E-state index in [1.54, 1.807) is 12.4 Å². The molecule has 0 saturated carbocycles. The van der Waals surface area contributed by atoms with E-state index < -0.39 is 0 Å². The van der Waals surface area contributed by atoms with Crippen molar-refractivity contribution in [2.45, 2.75) is 5.16 Å². The molecule has 0 fully saturated rings. The summed E-state index contributed by atoms with van der Waals surface area (Å²) in [5.74, 6) is 0. The minimum atomic E-state index is -0.191. The summed E-state index contributed by atoms with van der Waals surface area (Å²) in [7, 11) is 0. The molecule has 5 nitrogen and oxygen atoms in total. The van der Waals surface area contributed by atoms with Gasteiger partial charge in [-0.1, -0.05) is 23.4 Å². The summed E-state index contributed by atoms with van der Waals surface area (Å²) >= 11 is 7.50. The Kier molecular flexibility index (Phi) is 3.04. The van der Waals surface area contributed by atoms with Gasteiger partial charge in [-0.3, -0.25) is 4.79 Å². The van der Waals surface area contributed by atoms with Gasteiger partial charge in [0.25, 0.3) is 5.56 Å². The molecule has 0 unspecified atom stereocenters. The second-order valence-electron chi connectivity index (χ2n) is 3.87. The highest BCUT2D eigenvalue weighted by Crippen LogP contribution is 2.31. The fourth-order valence-electron chi connectivity index (χ4n) is 1.91. The zero-order valence-corrected chi connectivity index (χ0v) is 11.5. The average molecular weight is 293 g/mol. The minimum Gasteiger partial charge on any atom is -0.360 e. The zero-order chi connectivity index (χ0) is 13.4. The number of halogens is 1. The van der Waals surface area contributed by atoms with Crippen molar-refractivity contribution in [2.75, 3.05) is 6.26 Å². The fraction of sp³-hybridized carbons (Fsp3) is 0.0833. The van der Waals surface area contributed by atoms with Crippen molar-refractivity contribution in [3.05, 3.63) is 40.0 Å². The van der Waals surface area contributed by atoms with Crippen LogP contribution in [0.15, 0.2) is 34.5 Å². The predicted molar refractivity (Wildman–Crippen MR) is 76.7 cm³/mol. The number of hydrogen-bond acceptors (Lipinski definition) is 4. The molecule has 0 saturated heterocycles. The van der Waals surface area contributed by atoms with Crippen LogP contribution in [0.5, 0.6) is 0 Å². The van der Waals surface area contributed by atoms with E-state index in [9.17, 15) is 4.79 Å². The topological polar surface area (TPSA) is 74.4 Å². The largest absolute Gasteiger partial charge is 0.360 e. The van der Waals surface area contributed by atoms with Crippen LogP contribution < -0.4 is 5.56 Å². The molecule has 0 aliphatic rings. The number of aromatic nitrogens is 4. The van der Waals surface area contributed by atoms with E-state index >= 15 is 0 Å². The predicted octanol–water partition coefficient (Wildman–Crippen LogP) is 2.69. The third kappa shape index (κ3) is 2.13. The lowest BCUT2D eigenvalue weighted by atomic mass is 10.1. The number of aromatic amines is 2. The van der Waals surface area contributed by atoms with Crippen molar-refractivity contribution in [3.8, 4) is 11.3 Å². The summed E-state index contributed by atoms with van der Waals surface area (Å²) in [5.41, 5.74) is 2.02. The Labute approximate surface area is 117 Å². The highest BCUT2D eigenvalue weighted by atomic mass is 35.5. The monoisotopic (exact) mass is 292 g/mol. The molecule has 7 heteroatoms. The Morgan fingerprint density at radius 1 is 1.42 bits per heavy atom. The molecule has 0 spiro atoms. The van der Waals surface area contributed by atoms with Gasteiger partial charge in [0.2, 0.25) is 0 Å². The van der Waals surface area contributed by atoms with Crippen LogP contribution in [-0.4, -0.2) is 26.2 Å². The normalized spacial score (nSPS) is 11.1. The Balaban J connectivity index is 2.30. The molecule has 3 aromatic heterocycles. The minimum absolute atomic E-state index is 0.191. The molecule has 3 heterocycles. The summed E-state index contributed by atoms with van der Waals surface area (Å²) in [6.45, 7) is 0. The van der Waals surface area contributed by atoms with Gasteiger partial charge >= 0.3 is 0 Å². The molecule has 0 aliphatic heterocycles. The summed E-state index contributed by atoms with van der Waals surface area (Å²) in [6, 6.07) is 3.28. The van der Waals surface area contributed by atoms with Crippen LogP contribution in [0.25, 0.3) is 22.2 Å². The molecule has 0 aromatic carbocycles. The summed E-state index contributed by atoms with van der Waals surface area (Å²) < 4.78 is 0. The van der Waals surface area contributed by atoms with Crippen LogP contribution in [0.3, 0.4) is 0 Å². The molecule has 0 amide bonds. The lowest BCUT2D eigenvalue weighted by molar-refractivity contribution is 0.946. The fourth-order valence-corrected chi connectivity index (χ4v) is 2.56. The van der Waals surface area contributed by atoms with E-state index in [0.29, 0.717) is 16.0 Å². The van der Waals surface area contributed by atoms with E-state index in [1.165, 1.54) is 17.8 Å². The Bertz CT molecular complexity index is 811. The van der Waals surface area contributed by atoms with Crippen LogP contribution in [0.2, 0.25) is 5.15 Å². The maximum absolute atomic E-state index is 11.6.